The number of methoxy groups -OCH3 is 1. The van der Waals surface area contributed by atoms with Crippen LogP contribution in [0.3, 0.4) is 0 Å². The van der Waals surface area contributed by atoms with Crippen molar-refractivity contribution in [3.05, 3.63) is 28.2 Å². The van der Waals surface area contributed by atoms with Crippen LogP contribution in [0.25, 0.3) is 0 Å². The average molecular weight is 271 g/mol. The van der Waals surface area contributed by atoms with E-state index in [1.807, 2.05) is 19.9 Å². The summed E-state index contributed by atoms with van der Waals surface area (Å²) in [6.45, 7) is 3.96. The Morgan fingerprint density at radius 1 is 1.53 bits per heavy atom. The Kier molecular flexibility index (Phi) is 4.33. The predicted molar refractivity (Wildman–Crippen MR) is 64.5 cm³/mol. The molecule has 0 bridgehead atoms. The van der Waals surface area contributed by atoms with Gasteiger partial charge in [0, 0.05) is 11.5 Å². The van der Waals surface area contributed by atoms with Gasteiger partial charge in [-0.15, -0.1) is 0 Å². The second-order valence-corrected chi connectivity index (χ2v) is 4.38. The SMILES string of the molecule is CCC(C)C(=O)c1ccc(OC)c(Br)c1. The quantitative estimate of drug-likeness (QED) is 0.781. The fourth-order valence-electron chi connectivity index (χ4n) is 1.29. The van der Waals surface area contributed by atoms with Crippen molar-refractivity contribution < 1.29 is 9.53 Å². The maximum absolute atomic E-state index is 11.9. The van der Waals surface area contributed by atoms with Crippen molar-refractivity contribution in [1.82, 2.24) is 0 Å². The van der Waals surface area contributed by atoms with E-state index < -0.39 is 0 Å². The lowest BCUT2D eigenvalue weighted by Gasteiger charge is -2.09. The van der Waals surface area contributed by atoms with E-state index in [0.717, 1.165) is 22.2 Å². The third kappa shape index (κ3) is 2.81. The molecule has 0 fully saturated rings. The van der Waals surface area contributed by atoms with Gasteiger partial charge in [-0.25, -0.2) is 0 Å². The maximum atomic E-state index is 11.9. The Labute approximate surface area is 98.8 Å². The Morgan fingerprint density at radius 2 is 2.20 bits per heavy atom. The minimum Gasteiger partial charge on any atom is -0.496 e. The Morgan fingerprint density at radius 3 is 2.67 bits per heavy atom. The number of benzene rings is 1. The normalized spacial score (nSPS) is 12.3. The second-order valence-electron chi connectivity index (χ2n) is 3.52. The van der Waals surface area contributed by atoms with Crippen LogP contribution >= 0.6 is 15.9 Å². The summed E-state index contributed by atoms with van der Waals surface area (Å²) in [4.78, 5) is 11.9. The number of hydrogen-bond acceptors (Lipinski definition) is 2. The average Bonchev–Trinajstić information content (AvgIpc) is 2.26. The van der Waals surface area contributed by atoms with E-state index in [1.165, 1.54) is 0 Å². The van der Waals surface area contributed by atoms with E-state index >= 15 is 0 Å². The van der Waals surface area contributed by atoms with Gasteiger partial charge >= 0.3 is 0 Å². The fourth-order valence-corrected chi connectivity index (χ4v) is 1.83. The highest BCUT2D eigenvalue weighted by atomic mass is 79.9. The van der Waals surface area contributed by atoms with E-state index in [1.54, 1.807) is 19.2 Å². The molecule has 0 amide bonds. The molecule has 0 spiro atoms. The zero-order valence-corrected chi connectivity index (χ0v) is 10.8. The third-order valence-electron chi connectivity index (χ3n) is 2.50. The molecule has 0 aliphatic carbocycles. The molecule has 0 aliphatic heterocycles. The zero-order chi connectivity index (χ0) is 11.4. The summed E-state index contributed by atoms with van der Waals surface area (Å²) in [5.41, 5.74) is 0.733. The van der Waals surface area contributed by atoms with Gasteiger partial charge in [0.25, 0.3) is 0 Å². The Bertz CT molecular complexity index is 361. The van der Waals surface area contributed by atoms with Crippen LogP contribution in [0.15, 0.2) is 22.7 Å². The lowest BCUT2D eigenvalue weighted by molar-refractivity contribution is 0.0927. The van der Waals surface area contributed by atoms with Gasteiger partial charge in [0.2, 0.25) is 0 Å². The van der Waals surface area contributed by atoms with E-state index in [0.29, 0.717) is 0 Å². The standard InChI is InChI=1S/C12H15BrO2/c1-4-8(2)12(14)9-5-6-11(15-3)10(13)7-9/h5-8H,4H2,1-3H3. The Balaban J connectivity index is 2.97. The smallest absolute Gasteiger partial charge is 0.165 e. The topological polar surface area (TPSA) is 26.3 Å². The molecule has 1 unspecified atom stereocenters. The molecule has 0 heterocycles. The van der Waals surface area contributed by atoms with Crippen LogP contribution in [-0.2, 0) is 0 Å². The van der Waals surface area contributed by atoms with Gasteiger partial charge in [-0.05, 0) is 40.5 Å². The molecule has 0 saturated heterocycles. The van der Waals surface area contributed by atoms with Crippen LogP contribution in [-0.4, -0.2) is 12.9 Å². The lowest BCUT2D eigenvalue weighted by Crippen LogP contribution is -2.10. The van der Waals surface area contributed by atoms with E-state index in [2.05, 4.69) is 15.9 Å². The molecular formula is C12H15BrO2. The highest BCUT2D eigenvalue weighted by Gasteiger charge is 2.14. The minimum absolute atomic E-state index is 0.0743. The van der Waals surface area contributed by atoms with E-state index in [9.17, 15) is 4.79 Å². The number of hydrogen-bond donors (Lipinski definition) is 0. The third-order valence-corrected chi connectivity index (χ3v) is 3.12. The van der Waals surface area contributed by atoms with Crippen molar-refractivity contribution >= 4 is 21.7 Å². The van der Waals surface area contributed by atoms with E-state index in [4.69, 9.17) is 4.74 Å². The number of halogens is 1. The van der Waals surface area contributed by atoms with Gasteiger partial charge in [0.05, 0.1) is 11.6 Å². The van der Waals surface area contributed by atoms with Gasteiger partial charge in [-0.2, -0.15) is 0 Å². The first-order valence-corrected chi connectivity index (χ1v) is 5.77. The number of ether oxygens (including phenoxy) is 1. The molecule has 0 aliphatic rings. The highest BCUT2D eigenvalue weighted by molar-refractivity contribution is 9.10. The second kappa shape index (κ2) is 5.31. The van der Waals surface area contributed by atoms with Crippen LogP contribution in [0, 0.1) is 5.92 Å². The van der Waals surface area contributed by atoms with Crippen molar-refractivity contribution in [2.45, 2.75) is 20.3 Å². The molecule has 82 valence electrons. The Hall–Kier alpha value is -0.830. The van der Waals surface area contributed by atoms with Crippen LogP contribution in [0.2, 0.25) is 0 Å². The van der Waals surface area contributed by atoms with Crippen LogP contribution in [0.4, 0.5) is 0 Å². The van der Waals surface area contributed by atoms with Crippen LogP contribution in [0.5, 0.6) is 5.75 Å². The molecule has 0 saturated carbocycles. The molecule has 1 aromatic rings. The fraction of sp³-hybridized carbons (Fsp3) is 0.417. The van der Waals surface area contributed by atoms with Crippen molar-refractivity contribution in [2.24, 2.45) is 5.92 Å². The molecule has 15 heavy (non-hydrogen) atoms. The van der Waals surface area contributed by atoms with Gasteiger partial charge in [-0.1, -0.05) is 13.8 Å². The molecule has 0 aromatic heterocycles. The van der Waals surface area contributed by atoms with Crippen LogP contribution in [0.1, 0.15) is 30.6 Å². The van der Waals surface area contributed by atoms with Crippen molar-refractivity contribution in [3.63, 3.8) is 0 Å². The van der Waals surface area contributed by atoms with Crippen molar-refractivity contribution in [1.29, 1.82) is 0 Å². The molecule has 3 heteroatoms. The monoisotopic (exact) mass is 270 g/mol. The van der Waals surface area contributed by atoms with Crippen molar-refractivity contribution in [2.75, 3.05) is 7.11 Å². The first-order valence-electron chi connectivity index (χ1n) is 4.97. The van der Waals surface area contributed by atoms with Crippen molar-refractivity contribution in [3.8, 4) is 5.75 Å². The molecule has 0 radical (unpaired) electrons. The summed E-state index contributed by atoms with van der Waals surface area (Å²) in [6.07, 6.45) is 0.864. The van der Waals surface area contributed by atoms with Gasteiger partial charge in [0.15, 0.2) is 5.78 Å². The highest BCUT2D eigenvalue weighted by Crippen LogP contribution is 2.26. The number of carbonyl (C=O) groups excluding carboxylic acids is 1. The van der Waals surface area contributed by atoms with Gasteiger partial charge < -0.3 is 4.74 Å². The molecule has 1 atom stereocenters. The zero-order valence-electron chi connectivity index (χ0n) is 9.21. The minimum atomic E-state index is 0.0743. The molecule has 1 aromatic carbocycles. The largest absolute Gasteiger partial charge is 0.496 e. The first kappa shape index (κ1) is 12.2. The summed E-state index contributed by atoms with van der Waals surface area (Å²) >= 11 is 3.37. The van der Waals surface area contributed by atoms with Gasteiger partial charge in [-0.3, -0.25) is 4.79 Å². The first-order chi connectivity index (χ1) is 7.10. The summed E-state index contributed by atoms with van der Waals surface area (Å²) in [5, 5.41) is 0. The number of rotatable bonds is 4. The van der Waals surface area contributed by atoms with Gasteiger partial charge in [0.1, 0.15) is 5.75 Å². The van der Waals surface area contributed by atoms with Crippen LogP contribution < -0.4 is 4.74 Å². The maximum Gasteiger partial charge on any atom is 0.165 e. The molecule has 0 N–H and O–H groups in total. The summed E-state index contributed by atoms with van der Waals surface area (Å²) < 4.78 is 5.93. The number of carbonyl (C=O) groups is 1. The molecular weight excluding hydrogens is 256 g/mol. The number of Topliss-reactive ketones (excluding diaryl/α,β-unsaturated/α-hetero) is 1. The predicted octanol–water partition coefficient (Wildman–Crippen LogP) is 3.69. The summed E-state index contributed by atoms with van der Waals surface area (Å²) in [7, 11) is 1.61. The lowest BCUT2D eigenvalue weighted by atomic mass is 9.97. The van der Waals surface area contributed by atoms with E-state index in [-0.39, 0.29) is 11.7 Å². The molecule has 1 rings (SSSR count). The summed E-state index contributed by atoms with van der Waals surface area (Å²) in [5.74, 6) is 1.00. The molecule has 2 nitrogen and oxygen atoms in total. The summed E-state index contributed by atoms with van der Waals surface area (Å²) in [6, 6.07) is 5.42. The number of ketones is 1.